The molecule has 1 saturated heterocycles. The molecule has 1 aliphatic heterocycles. The molecule has 1 aliphatic rings. The quantitative estimate of drug-likeness (QED) is 0.850. The molecule has 0 aliphatic carbocycles. The molecule has 2 amide bonds. The summed E-state index contributed by atoms with van der Waals surface area (Å²) in [6.07, 6.45) is 1.03. The third-order valence-electron chi connectivity index (χ3n) is 4.31. The third kappa shape index (κ3) is 4.47. The van der Waals surface area contributed by atoms with E-state index in [-0.39, 0.29) is 18.0 Å². The number of amides is 2. The molecule has 9 nitrogen and oxygen atoms in total. The largest absolute Gasteiger partial charge is 0.481 e. The molecule has 2 N–H and O–H groups in total. The zero-order chi connectivity index (χ0) is 19.6. The first-order chi connectivity index (χ1) is 12.8. The Kier molecular flexibility index (Phi) is 5.20. The lowest BCUT2D eigenvalue weighted by Crippen LogP contribution is -2.47. The van der Waals surface area contributed by atoms with E-state index in [1.54, 1.807) is 17.0 Å². The zero-order valence-electron chi connectivity index (χ0n) is 16.0. The second kappa shape index (κ2) is 7.42. The standard InChI is InChI=1S/C18H25N5O4/c1-18(2,3)27-17(25)23-9-7-11(8-10-23)19-16(24)14-12-5-6-13(26-4)20-15(12)22-21-14/h5-6,11H,7-10H2,1-4H3,(H,19,24)(H,20,21,22). The molecule has 1 fully saturated rings. The van der Waals surface area contributed by atoms with Crippen molar-refractivity contribution < 1.29 is 19.1 Å². The van der Waals surface area contributed by atoms with Gasteiger partial charge in [-0.05, 0) is 39.7 Å². The topological polar surface area (TPSA) is 109 Å². The van der Waals surface area contributed by atoms with Crippen LogP contribution in [0.25, 0.3) is 11.0 Å². The summed E-state index contributed by atoms with van der Waals surface area (Å²) in [6, 6.07) is 3.43. The Bertz CT molecular complexity index is 834. The maximum absolute atomic E-state index is 12.6. The molecule has 0 bridgehead atoms. The number of methoxy groups -OCH3 is 1. The SMILES string of the molecule is COc1ccc2c(C(=O)NC3CCN(C(=O)OC(C)(C)C)CC3)[nH]nc2n1. The average Bonchev–Trinajstić information content (AvgIpc) is 3.04. The number of hydrogen-bond acceptors (Lipinski definition) is 6. The minimum Gasteiger partial charge on any atom is -0.481 e. The molecule has 2 aromatic rings. The van der Waals surface area contributed by atoms with Gasteiger partial charge in [-0.25, -0.2) is 4.79 Å². The van der Waals surface area contributed by atoms with Crippen molar-refractivity contribution in [1.82, 2.24) is 25.4 Å². The summed E-state index contributed by atoms with van der Waals surface area (Å²) in [7, 11) is 1.53. The molecule has 0 radical (unpaired) electrons. The van der Waals surface area contributed by atoms with Gasteiger partial charge in [0.15, 0.2) is 5.65 Å². The number of pyridine rings is 1. The summed E-state index contributed by atoms with van der Waals surface area (Å²) in [5, 5.41) is 10.4. The predicted octanol–water partition coefficient (Wildman–Crippen LogP) is 2.10. The molecule has 27 heavy (non-hydrogen) atoms. The van der Waals surface area contributed by atoms with Crippen LogP contribution in [0.4, 0.5) is 4.79 Å². The van der Waals surface area contributed by atoms with Crippen LogP contribution in [0.5, 0.6) is 5.88 Å². The van der Waals surface area contributed by atoms with Crippen molar-refractivity contribution >= 4 is 23.0 Å². The lowest BCUT2D eigenvalue weighted by Gasteiger charge is -2.33. The summed E-state index contributed by atoms with van der Waals surface area (Å²) in [6.45, 7) is 6.62. The fourth-order valence-corrected chi connectivity index (χ4v) is 2.96. The van der Waals surface area contributed by atoms with Gasteiger partial charge in [-0.3, -0.25) is 9.89 Å². The van der Waals surface area contributed by atoms with Gasteiger partial charge in [-0.15, -0.1) is 0 Å². The highest BCUT2D eigenvalue weighted by Crippen LogP contribution is 2.19. The minimum absolute atomic E-state index is 0.0132. The number of rotatable bonds is 3. The smallest absolute Gasteiger partial charge is 0.410 e. The van der Waals surface area contributed by atoms with Gasteiger partial charge in [0, 0.05) is 25.2 Å². The van der Waals surface area contributed by atoms with Crippen LogP contribution in [0.2, 0.25) is 0 Å². The van der Waals surface area contributed by atoms with Gasteiger partial charge in [0.25, 0.3) is 5.91 Å². The molecule has 0 aromatic carbocycles. The fourth-order valence-electron chi connectivity index (χ4n) is 2.96. The average molecular weight is 375 g/mol. The van der Waals surface area contributed by atoms with E-state index in [0.717, 1.165) is 0 Å². The van der Waals surface area contributed by atoms with Crippen LogP contribution >= 0.6 is 0 Å². The van der Waals surface area contributed by atoms with Crippen LogP contribution < -0.4 is 10.1 Å². The number of aromatic nitrogens is 3. The van der Waals surface area contributed by atoms with E-state index in [0.29, 0.717) is 48.5 Å². The first-order valence-corrected chi connectivity index (χ1v) is 8.95. The molecule has 3 heterocycles. The second-order valence-electron chi connectivity index (χ2n) is 7.54. The molecule has 146 valence electrons. The molecule has 3 rings (SSSR count). The molecule has 0 spiro atoms. The molecule has 2 aromatic heterocycles. The number of aromatic amines is 1. The summed E-state index contributed by atoms with van der Waals surface area (Å²) < 4.78 is 10.5. The monoisotopic (exact) mass is 375 g/mol. The Labute approximate surface area is 157 Å². The number of ether oxygens (including phenoxy) is 2. The number of H-pyrrole nitrogens is 1. The molecular formula is C18H25N5O4. The first kappa shape index (κ1) is 18.9. The van der Waals surface area contributed by atoms with Gasteiger partial charge in [0.05, 0.1) is 12.5 Å². The Morgan fingerprint density at radius 1 is 1.26 bits per heavy atom. The van der Waals surface area contributed by atoms with Gasteiger partial charge in [0.1, 0.15) is 11.3 Å². The molecule has 0 atom stereocenters. The normalized spacial score (nSPS) is 15.6. The Balaban J connectivity index is 1.58. The van der Waals surface area contributed by atoms with Crippen LogP contribution in [0, 0.1) is 0 Å². The lowest BCUT2D eigenvalue weighted by atomic mass is 10.1. The van der Waals surface area contributed by atoms with E-state index in [9.17, 15) is 9.59 Å². The molecule has 0 saturated carbocycles. The summed E-state index contributed by atoms with van der Waals surface area (Å²) >= 11 is 0. The van der Waals surface area contributed by atoms with Gasteiger partial charge >= 0.3 is 6.09 Å². The van der Waals surface area contributed by atoms with Crippen LogP contribution in [-0.2, 0) is 4.74 Å². The van der Waals surface area contributed by atoms with Crippen molar-refractivity contribution in [3.05, 3.63) is 17.8 Å². The first-order valence-electron chi connectivity index (χ1n) is 8.95. The van der Waals surface area contributed by atoms with Crippen LogP contribution in [0.1, 0.15) is 44.1 Å². The number of carbonyl (C=O) groups excluding carboxylic acids is 2. The van der Waals surface area contributed by atoms with E-state index in [1.807, 2.05) is 20.8 Å². The fraction of sp³-hybridized carbons (Fsp3) is 0.556. The molecular weight excluding hydrogens is 350 g/mol. The predicted molar refractivity (Wildman–Crippen MR) is 98.7 cm³/mol. The third-order valence-corrected chi connectivity index (χ3v) is 4.31. The van der Waals surface area contributed by atoms with E-state index in [1.165, 1.54) is 7.11 Å². The van der Waals surface area contributed by atoms with Gasteiger partial charge < -0.3 is 19.7 Å². The lowest BCUT2D eigenvalue weighted by molar-refractivity contribution is 0.0199. The van der Waals surface area contributed by atoms with Crippen molar-refractivity contribution in [1.29, 1.82) is 0 Å². The Hall–Kier alpha value is -2.84. The Morgan fingerprint density at radius 3 is 2.59 bits per heavy atom. The van der Waals surface area contributed by atoms with Crippen LogP contribution in [-0.4, -0.2) is 63.9 Å². The number of hydrogen-bond donors (Lipinski definition) is 2. The number of nitrogens with one attached hydrogen (secondary N) is 2. The highest BCUT2D eigenvalue weighted by Gasteiger charge is 2.28. The van der Waals surface area contributed by atoms with Crippen molar-refractivity contribution in [3.63, 3.8) is 0 Å². The summed E-state index contributed by atoms with van der Waals surface area (Å²) in [4.78, 5) is 30.6. The van der Waals surface area contributed by atoms with Crippen molar-refractivity contribution in [3.8, 4) is 5.88 Å². The Morgan fingerprint density at radius 2 is 1.96 bits per heavy atom. The number of likely N-dealkylation sites (tertiary alicyclic amines) is 1. The molecule has 9 heteroatoms. The number of nitrogens with zero attached hydrogens (tertiary/aromatic N) is 3. The minimum atomic E-state index is -0.513. The van der Waals surface area contributed by atoms with E-state index >= 15 is 0 Å². The van der Waals surface area contributed by atoms with E-state index in [4.69, 9.17) is 9.47 Å². The van der Waals surface area contributed by atoms with Crippen molar-refractivity contribution in [2.45, 2.75) is 45.3 Å². The highest BCUT2D eigenvalue weighted by molar-refractivity contribution is 6.04. The number of fused-ring (bicyclic) bond motifs is 1. The van der Waals surface area contributed by atoms with E-state index in [2.05, 4.69) is 20.5 Å². The number of piperidine rings is 1. The van der Waals surface area contributed by atoms with Gasteiger partial charge in [0.2, 0.25) is 5.88 Å². The van der Waals surface area contributed by atoms with Crippen LogP contribution in [0.3, 0.4) is 0 Å². The van der Waals surface area contributed by atoms with E-state index < -0.39 is 5.60 Å². The van der Waals surface area contributed by atoms with Crippen molar-refractivity contribution in [2.24, 2.45) is 0 Å². The highest BCUT2D eigenvalue weighted by atomic mass is 16.6. The molecule has 0 unspecified atom stereocenters. The van der Waals surface area contributed by atoms with Crippen molar-refractivity contribution in [2.75, 3.05) is 20.2 Å². The maximum atomic E-state index is 12.6. The van der Waals surface area contributed by atoms with Gasteiger partial charge in [-0.2, -0.15) is 10.1 Å². The summed E-state index contributed by atoms with van der Waals surface area (Å²) in [5.74, 6) is 0.204. The summed E-state index contributed by atoms with van der Waals surface area (Å²) in [5.41, 5.74) is 0.287. The number of carbonyl (C=O) groups is 2. The maximum Gasteiger partial charge on any atom is 0.410 e. The zero-order valence-corrected chi connectivity index (χ0v) is 16.0. The second-order valence-corrected chi connectivity index (χ2v) is 7.54. The van der Waals surface area contributed by atoms with Crippen LogP contribution in [0.15, 0.2) is 12.1 Å². The van der Waals surface area contributed by atoms with Gasteiger partial charge in [-0.1, -0.05) is 0 Å².